The quantitative estimate of drug-likeness (QED) is 0.579. The Balaban J connectivity index is 1.74. The maximum Gasteiger partial charge on any atom is 0.200 e. The molecule has 3 aromatic rings. The summed E-state index contributed by atoms with van der Waals surface area (Å²) in [5.74, 6) is 0.467. The molecule has 0 aromatic heterocycles. The van der Waals surface area contributed by atoms with E-state index in [2.05, 4.69) is 12.1 Å². The van der Waals surface area contributed by atoms with Crippen molar-refractivity contribution in [2.45, 2.75) is 6.42 Å². The smallest absolute Gasteiger partial charge is 0.200 e. The number of halogens is 1. The van der Waals surface area contributed by atoms with Crippen molar-refractivity contribution in [2.24, 2.45) is 0 Å². The highest BCUT2D eigenvalue weighted by atomic mass is 35.5. The van der Waals surface area contributed by atoms with Gasteiger partial charge < -0.3 is 4.74 Å². The van der Waals surface area contributed by atoms with Gasteiger partial charge in [0.2, 0.25) is 0 Å². The van der Waals surface area contributed by atoms with E-state index in [4.69, 9.17) is 16.3 Å². The first-order valence-electron chi connectivity index (χ1n) is 7.76. The highest BCUT2D eigenvalue weighted by Gasteiger charge is 2.13. The lowest BCUT2D eigenvalue weighted by molar-refractivity contribution is 0.0921. The van der Waals surface area contributed by atoms with Crippen molar-refractivity contribution in [3.8, 4) is 5.75 Å². The number of hydrogen-bond donors (Lipinski definition) is 0. The normalized spacial score (nSPS) is 10.4. The van der Waals surface area contributed by atoms with Crippen LogP contribution in [0.1, 0.15) is 21.5 Å². The molecule has 0 unspecified atom stereocenters. The van der Waals surface area contributed by atoms with Crippen molar-refractivity contribution in [3.05, 3.63) is 101 Å². The molecule has 24 heavy (non-hydrogen) atoms. The van der Waals surface area contributed by atoms with Crippen molar-refractivity contribution < 1.29 is 9.53 Å². The van der Waals surface area contributed by atoms with E-state index in [0.717, 1.165) is 12.0 Å². The number of Topliss-reactive ketones (excluding diaryl/α,β-unsaturated/α-hetero) is 1. The summed E-state index contributed by atoms with van der Waals surface area (Å²) in [6.07, 6.45) is 0.717. The summed E-state index contributed by atoms with van der Waals surface area (Å²) in [6, 6.07) is 24.9. The van der Waals surface area contributed by atoms with Gasteiger partial charge in [0.05, 0.1) is 5.02 Å². The van der Waals surface area contributed by atoms with Gasteiger partial charge in [0, 0.05) is 5.56 Å². The van der Waals surface area contributed by atoms with Gasteiger partial charge in [0.15, 0.2) is 12.4 Å². The molecule has 0 aliphatic heterocycles. The van der Waals surface area contributed by atoms with E-state index in [1.807, 2.05) is 54.6 Å². The third-order valence-corrected chi connectivity index (χ3v) is 4.06. The first-order chi connectivity index (χ1) is 11.7. The predicted octanol–water partition coefficient (Wildman–Crippen LogP) is 5.19. The molecule has 0 aliphatic rings. The minimum absolute atomic E-state index is 0.0322. The molecule has 0 saturated carbocycles. The second kappa shape index (κ2) is 7.80. The van der Waals surface area contributed by atoms with Crippen molar-refractivity contribution in [1.82, 2.24) is 0 Å². The number of ether oxygens (including phenoxy) is 1. The van der Waals surface area contributed by atoms with Gasteiger partial charge in [-0.25, -0.2) is 0 Å². The van der Waals surface area contributed by atoms with Gasteiger partial charge in [-0.3, -0.25) is 4.79 Å². The summed E-state index contributed by atoms with van der Waals surface area (Å²) < 4.78 is 5.58. The first kappa shape index (κ1) is 16.3. The van der Waals surface area contributed by atoms with Crippen LogP contribution in [0.5, 0.6) is 5.75 Å². The zero-order valence-electron chi connectivity index (χ0n) is 13.1. The van der Waals surface area contributed by atoms with Crippen LogP contribution in [-0.2, 0) is 6.42 Å². The number of para-hydroxylation sites is 1. The Labute approximate surface area is 146 Å². The van der Waals surface area contributed by atoms with E-state index in [9.17, 15) is 4.79 Å². The molecule has 2 nitrogen and oxygen atoms in total. The number of ketones is 1. The van der Waals surface area contributed by atoms with Crippen LogP contribution in [0.2, 0.25) is 5.02 Å². The van der Waals surface area contributed by atoms with Crippen molar-refractivity contribution >= 4 is 17.4 Å². The third-order valence-electron chi connectivity index (χ3n) is 3.75. The Morgan fingerprint density at radius 3 is 2.29 bits per heavy atom. The van der Waals surface area contributed by atoms with E-state index in [1.165, 1.54) is 5.56 Å². The fourth-order valence-electron chi connectivity index (χ4n) is 2.55. The Bertz CT molecular complexity index is 828. The van der Waals surface area contributed by atoms with Crippen LogP contribution in [0, 0.1) is 0 Å². The van der Waals surface area contributed by atoms with Crippen LogP contribution in [0.4, 0.5) is 0 Å². The average molecular weight is 337 g/mol. The molecule has 0 heterocycles. The lowest BCUT2D eigenvalue weighted by atomic mass is 9.97. The monoisotopic (exact) mass is 336 g/mol. The Morgan fingerprint density at radius 1 is 0.833 bits per heavy atom. The van der Waals surface area contributed by atoms with Gasteiger partial charge in [-0.1, -0.05) is 78.3 Å². The largest absolute Gasteiger partial charge is 0.484 e. The zero-order valence-corrected chi connectivity index (χ0v) is 13.9. The van der Waals surface area contributed by atoms with Crippen LogP contribution in [-0.4, -0.2) is 12.4 Å². The number of hydrogen-bond acceptors (Lipinski definition) is 2. The van der Waals surface area contributed by atoms with Crippen LogP contribution >= 0.6 is 11.6 Å². The van der Waals surface area contributed by atoms with Crippen LogP contribution in [0.15, 0.2) is 78.9 Å². The molecular weight excluding hydrogens is 320 g/mol. The first-order valence-corrected chi connectivity index (χ1v) is 8.14. The summed E-state index contributed by atoms with van der Waals surface area (Å²) in [6.45, 7) is -0.0322. The van der Waals surface area contributed by atoms with Crippen molar-refractivity contribution in [3.63, 3.8) is 0 Å². The van der Waals surface area contributed by atoms with Crippen LogP contribution < -0.4 is 4.74 Å². The van der Waals surface area contributed by atoms with Gasteiger partial charge in [0.1, 0.15) is 5.75 Å². The zero-order chi connectivity index (χ0) is 16.8. The average Bonchev–Trinajstić information content (AvgIpc) is 2.62. The topological polar surface area (TPSA) is 26.3 Å². The highest BCUT2D eigenvalue weighted by molar-refractivity contribution is 6.32. The predicted molar refractivity (Wildman–Crippen MR) is 97.0 cm³/mol. The molecule has 0 atom stereocenters. The minimum Gasteiger partial charge on any atom is -0.484 e. The van der Waals surface area contributed by atoms with E-state index in [-0.39, 0.29) is 12.4 Å². The molecule has 3 aromatic carbocycles. The molecule has 0 N–H and O–H groups in total. The number of rotatable bonds is 6. The second-order valence-corrected chi connectivity index (χ2v) is 5.87. The fourth-order valence-corrected chi connectivity index (χ4v) is 2.74. The minimum atomic E-state index is -0.0542. The summed E-state index contributed by atoms with van der Waals surface area (Å²) in [5, 5.41) is 0.503. The molecule has 0 radical (unpaired) electrons. The molecule has 0 spiro atoms. The van der Waals surface area contributed by atoms with Gasteiger partial charge in [-0.05, 0) is 29.7 Å². The van der Waals surface area contributed by atoms with Gasteiger partial charge in [-0.15, -0.1) is 0 Å². The Morgan fingerprint density at radius 2 is 1.50 bits per heavy atom. The molecule has 3 heteroatoms. The van der Waals surface area contributed by atoms with Gasteiger partial charge >= 0.3 is 0 Å². The molecule has 0 bridgehead atoms. The van der Waals surface area contributed by atoms with Crippen molar-refractivity contribution in [1.29, 1.82) is 0 Å². The Kier molecular flexibility index (Phi) is 5.29. The number of carbonyl (C=O) groups is 1. The maximum atomic E-state index is 12.6. The van der Waals surface area contributed by atoms with Gasteiger partial charge in [-0.2, -0.15) is 0 Å². The highest BCUT2D eigenvalue weighted by Crippen LogP contribution is 2.23. The van der Waals surface area contributed by atoms with Crippen LogP contribution in [0.3, 0.4) is 0 Å². The summed E-state index contributed by atoms with van der Waals surface area (Å²) >= 11 is 6.06. The lowest BCUT2D eigenvalue weighted by Gasteiger charge is -2.11. The Hall–Kier alpha value is -2.58. The van der Waals surface area contributed by atoms with Crippen LogP contribution in [0.25, 0.3) is 0 Å². The molecule has 0 fully saturated rings. The SMILES string of the molecule is O=C(COc1ccccc1Cl)c1ccccc1Cc1ccccc1. The maximum absolute atomic E-state index is 12.6. The number of carbonyl (C=O) groups excluding carboxylic acids is 1. The molecule has 0 amide bonds. The molecule has 0 aliphatic carbocycles. The standard InChI is InChI=1S/C21H17ClO2/c22-19-12-6-7-13-21(19)24-15-20(23)18-11-5-4-10-17(18)14-16-8-2-1-3-9-16/h1-13H,14-15H2. The third kappa shape index (κ3) is 4.03. The molecule has 0 saturated heterocycles. The molecule has 120 valence electrons. The summed E-state index contributed by atoms with van der Waals surface area (Å²) in [4.78, 5) is 12.6. The van der Waals surface area contributed by atoms with Crippen molar-refractivity contribution in [2.75, 3.05) is 6.61 Å². The summed E-state index contributed by atoms with van der Waals surface area (Å²) in [7, 11) is 0. The second-order valence-electron chi connectivity index (χ2n) is 5.46. The van der Waals surface area contributed by atoms with E-state index < -0.39 is 0 Å². The molecular formula is C21H17ClO2. The van der Waals surface area contributed by atoms with E-state index >= 15 is 0 Å². The molecule has 3 rings (SSSR count). The van der Waals surface area contributed by atoms with E-state index in [0.29, 0.717) is 16.3 Å². The lowest BCUT2D eigenvalue weighted by Crippen LogP contribution is -2.14. The van der Waals surface area contributed by atoms with Gasteiger partial charge in [0.25, 0.3) is 0 Å². The number of benzene rings is 3. The fraction of sp³-hybridized carbons (Fsp3) is 0.0952. The summed E-state index contributed by atoms with van der Waals surface area (Å²) in [5.41, 5.74) is 2.86. The van der Waals surface area contributed by atoms with E-state index in [1.54, 1.807) is 12.1 Å².